The lowest BCUT2D eigenvalue weighted by Crippen LogP contribution is -2.14. The first-order valence-corrected chi connectivity index (χ1v) is 9.93. The molecule has 0 aliphatic heterocycles. The van der Waals surface area contributed by atoms with Crippen LogP contribution >= 0.6 is 11.3 Å². The molecule has 0 bridgehead atoms. The Morgan fingerprint density at radius 3 is 2.54 bits per heavy atom. The van der Waals surface area contributed by atoms with Crippen LogP contribution in [0.3, 0.4) is 0 Å². The molecule has 0 spiro atoms. The summed E-state index contributed by atoms with van der Waals surface area (Å²) in [5.41, 5.74) is 4.51. The topological polar surface area (TPSA) is 42.0 Å². The van der Waals surface area contributed by atoms with Crippen molar-refractivity contribution < 1.29 is 4.79 Å². The molecule has 26 heavy (non-hydrogen) atoms. The lowest BCUT2D eigenvalue weighted by molar-refractivity contribution is -0.116. The smallest absolute Gasteiger partial charge is 0.226 e. The molecule has 3 nitrogen and oxygen atoms in total. The fourth-order valence-corrected chi connectivity index (χ4v) is 3.68. The van der Waals surface area contributed by atoms with Crippen molar-refractivity contribution in [3.8, 4) is 11.3 Å². The summed E-state index contributed by atoms with van der Waals surface area (Å²) >= 11 is 1.47. The molecule has 1 amide bonds. The lowest BCUT2D eigenvalue weighted by atomic mass is 9.98. The van der Waals surface area contributed by atoms with Crippen molar-refractivity contribution in [2.24, 2.45) is 0 Å². The lowest BCUT2D eigenvalue weighted by Gasteiger charge is -2.10. The summed E-state index contributed by atoms with van der Waals surface area (Å²) in [5.74, 6) is 0.183. The van der Waals surface area contributed by atoms with E-state index >= 15 is 0 Å². The minimum absolute atomic E-state index is 0.000506. The number of thiazole rings is 1. The summed E-state index contributed by atoms with van der Waals surface area (Å²) < 4.78 is 0. The Hall–Kier alpha value is -2.46. The number of nitrogens with one attached hydrogen (secondary N) is 1. The van der Waals surface area contributed by atoms with Crippen molar-refractivity contribution in [1.82, 2.24) is 4.98 Å². The second kappa shape index (κ2) is 8.77. The highest BCUT2D eigenvalue weighted by atomic mass is 32.1. The second-order valence-corrected chi connectivity index (χ2v) is 7.41. The molecule has 134 valence electrons. The van der Waals surface area contributed by atoms with Gasteiger partial charge >= 0.3 is 0 Å². The molecule has 0 saturated carbocycles. The molecule has 1 N–H and O–H groups in total. The normalized spacial score (nSPS) is 11.9. The van der Waals surface area contributed by atoms with E-state index in [-0.39, 0.29) is 11.8 Å². The average Bonchev–Trinajstić information content (AvgIpc) is 3.11. The van der Waals surface area contributed by atoms with E-state index in [0.29, 0.717) is 11.6 Å². The maximum Gasteiger partial charge on any atom is 0.226 e. The van der Waals surface area contributed by atoms with E-state index in [1.165, 1.54) is 22.5 Å². The van der Waals surface area contributed by atoms with Crippen LogP contribution in [0.4, 0.5) is 5.13 Å². The molecule has 1 aromatic heterocycles. The molecule has 0 radical (unpaired) electrons. The summed E-state index contributed by atoms with van der Waals surface area (Å²) in [6, 6.07) is 18.6. The predicted octanol–water partition coefficient (Wildman–Crippen LogP) is 5.89. The summed E-state index contributed by atoms with van der Waals surface area (Å²) in [6.45, 7) is 4.25. The number of hydrogen-bond donors (Lipinski definition) is 1. The SMILES string of the molecule is CCCc1ccc(-c2csc(NC(=O)C[C@H](C)c3ccccc3)n2)cc1. The number of anilines is 1. The molecule has 0 unspecified atom stereocenters. The quantitative estimate of drug-likeness (QED) is 0.567. The molecule has 1 heterocycles. The third-order valence-corrected chi connectivity index (χ3v) is 5.16. The van der Waals surface area contributed by atoms with Crippen molar-refractivity contribution in [2.45, 2.75) is 39.0 Å². The largest absolute Gasteiger partial charge is 0.302 e. The Morgan fingerprint density at radius 2 is 1.85 bits per heavy atom. The molecule has 0 aliphatic carbocycles. The first kappa shape index (κ1) is 18.3. The molecule has 0 aliphatic rings. The summed E-state index contributed by atoms with van der Waals surface area (Å²) in [6.07, 6.45) is 2.69. The van der Waals surface area contributed by atoms with Crippen LogP contribution in [-0.4, -0.2) is 10.9 Å². The zero-order valence-corrected chi connectivity index (χ0v) is 16.1. The van der Waals surface area contributed by atoms with Crippen LogP contribution in [0.2, 0.25) is 0 Å². The molecule has 1 atom stereocenters. The van der Waals surface area contributed by atoms with E-state index in [2.05, 4.69) is 60.5 Å². The summed E-state index contributed by atoms with van der Waals surface area (Å²) in [7, 11) is 0. The predicted molar refractivity (Wildman–Crippen MR) is 110 cm³/mol. The average molecular weight is 365 g/mol. The fourth-order valence-electron chi connectivity index (χ4n) is 2.94. The van der Waals surface area contributed by atoms with Gasteiger partial charge in [0.2, 0.25) is 5.91 Å². The van der Waals surface area contributed by atoms with Crippen molar-refractivity contribution in [3.63, 3.8) is 0 Å². The number of benzene rings is 2. The van der Waals surface area contributed by atoms with Gasteiger partial charge in [-0.2, -0.15) is 0 Å². The van der Waals surface area contributed by atoms with E-state index in [9.17, 15) is 4.79 Å². The third-order valence-electron chi connectivity index (χ3n) is 4.40. The van der Waals surface area contributed by atoms with Gasteiger partial charge in [0.15, 0.2) is 5.13 Å². The Morgan fingerprint density at radius 1 is 1.12 bits per heavy atom. The van der Waals surface area contributed by atoms with Gasteiger partial charge in [-0.1, -0.05) is 74.9 Å². The van der Waals surface area contributed by atoms with Gasteiger partial charge in [-0.15, -0.1) is 11.3 Å². The monoisotopic (exact) mass is 364 g/mol. The molecular weight excluding hydrogens is 340 g/mol. The summed E-state index contributed by atoms with van der Waals surface area (Å²) in [4.78, 5) is 16.9. The molecule has 3 aromatic rings. The highest BCUT2D eigenvalue weighted by Gasteiger charge is 2.13. The van der Waals surface area contributed by atoms with E-state index < -0.39 is 0 Å². The first-order chi connectivity index (χ1) is 12.7. The number of nitrogens with zero attached hydrogens (tertiary/aromatic N) is 1. The number of aryl methyl sites for hydroxylation is 1. The third kappa shape index (κ3) is 4.79. The van der Waals surface area contributed by atoms with E-state index in [1.54, 1.807) is 0 Å². The fraction of sp³-hybridized carbons (Fsp3) is 0.273. The molecule has 3 rings (SSSR count). The van der Waals surface area contributed by atoms with Crippen LogP contribution in [0.25, 0.3) is 11.3 Å². The van der Waals surface area contributed by atoms with Crippen LogP contribution in [0.15, 0.2) is 60.0 Å². The minimum Gasteiger partial charge on any atom is -0.302 e. The molecular formula is C22H24N2OS. The Balaban J connectivity index is 1.60. The Kier molecular flexibility index (Phi) is 6.18. The van der Waals surface area contributed by atoms with Gasteiger partial charge < -0.3 is 5.32 Å². The van der Waals surface area contributed by atoms with Crippen molar-refractivity contribution in [2.75, 3.05) is 5.32 Å². The highest BCUT2D eigenvalue weighted by molar-refractivity contribution is 7.14. The van der Waals surface area contributed by atoms with Crippen molar-refractivity contribution in [1.29, 1.82) is 0 Å². The maximum atomic E-state index is 12.3. The van der Waals surface area contributed by atoms with Crippen LogP contribution in [0.1, 0.15) is 43.7 Å². The number of carbonyl (C=O) groups is 1. The van der Waals surface area contributed by atoms with Crippen LogP contribution in [-0.2, 0) is 11.2 Å². The van der Waals surface area contributed by atoms with Crippen molar-refractivity contribution >= 4 is 22.4 Å². The van der Waals surface area contributed by atoms with Gasteiger partial charge in [-0.05, 0) is 23.5 Å². The molecule has 4 heteroatoms. The first-order valence-electron chi connectivity index (χ1n) is 9.05. The molecule has 0 saturated heterocycles. The molecule has 0 fully saturated rings. The minimum atomic E-state index is 0.000506. The number of amides is 1. The zero-order chi connectivity index (χ0) is 18.4. The zero-order valence-electron chi connectivity index (χ0n) is 15.2. The number of rotatable bonds is 7. The number of carbonyl (C=O) groups excluding carboxylic acids is 1. The van der Waals surface area contributed by atoms with Gasteiger partial charge in [0.25, 0.3) is 0 Å². The highest BCUT2D eigenvalue weighted by Crippen LogP contribution is 2.26. The van der Waals surface area contributed by atoms with Crippen LogP contribution in [0.5, 0.6) is 0 Å². The number of aromatic nitrogens is 1. The number of hydrogen-bond acceptors (Lipinski definition) is 3. The van der Waals surface area contributed by atoms with Gasteiger partial charge in [0.1, 0.15) is 0 Å². The Bertz CT molecular complexity index is 840. The van der Waals surface area contributed by atoms with E-state index in [4.69, 9.17) is 0 Å². The van der Waals surface area contributed by atoms with Crippen molar-refractivity contribution in [3.05, 3.63) is 71.1 Å². The summed E-state index contributed by atoms with van der Waals surface area (Å²) in [5, 5.41) is 5.58. The second-order valence-electron chi connectivity index (χ2n) is 6.55. The van der Waals surface area contributed by atoms with Gasteiger partial charge in [-0.25, -0.2) is 4.98 Å². The van der Waals surface area contributed by atoms with Gasteiger partial charge in [-0.3, -0.25) is 4.79 Å². The Labute approximate surface area is 159 Å². The van der Waals surface area contributed by atoms with Crippen LogP contribution in [0, 0.1) is 0 Å². The van der Waals surface area contributed by atoms with Gasteiger partial charge in [0, 0.05) is 17.4 Å². The molecule has 2 aromatic carbocycles. The standard InChI is InChI=1S/C22H24N2OS/c1-3-7-17-10-12-19(13-11-17)20-15-26-22(23-20)24-21(25)14-16(2)18-8-5-4-6-9-18/h4-6,8-13,15-16H,3,7,14H2,1-2H3,(H,23,24,25)/t16-/m0/s1. The van der Waals surface area contributed by atoms with Gasteiger partial charge in [0.05, 0.1) is 5.69 Å². The van der Waals surface area contributed by atoms with Crippen LogP contribution < -0.4 is 5.32 Å². The van der Waals surface area contributed by atoms with E-state index in [1.807, 2.05) is 23.6 Å². The maximum absolute atomic E-state index is 12.3. The van der Waals surface area contributed by atoms with E-state index in [0.717, 1.165) is 24.1 Å².